The topological polar surface area (TPSA) is 40.5 Å². The maximum absolute atomic E-state index is 12.6. The van der Waals surface area contributed by atoms with Crippen LogP contribution in [0.2, 0.25) is 0 Å². The van der Waals surface area contributed by atoms with Crippen molar-refractivity contribution in [2.45, 2.75) is 6.18 Å². The molecule has 0 atom stereocenters. The molecule has 0 amide bonds. The van der Waals surface area contributed by atoms with E-state index in [0.717, 1.165) is 12.1 Å². The summed E-state index contributed by atoms with van der Waals surface area (Å²) in [5, 5.41) is 8.73. The SMILES string of the molecule is O=C(O)C1CN(c2cc(C(F)(F)F)ccc2Br)C1. The zero-order chi connectivity index (χ0) is 13.5. The Hall–Kier alpha value is -1.24. The van der Waals surface area contributed by atoms with Crippen LogP contribution in [-0.4, -0.2) is 24.2 Å². The first-order valence-electron chi connectivity index (χ1n) is 5.13. The standard InChI is InChI=1S/C11H9BrF3NO2/c12-8-2-1-7(11(13,14)15)3-9(8)16-4-6(5-16)10(17)18/h1-3,6H,4-5H2,(H,17,18). The van der Waals surface area contributed by atoms with Gasteiger partial charge in [-0.1, -0.05) is 0 Å². The Morgan fingerprint density at radius 3 is 2.50 bits per heavy atom. The van der Waals surface area contributed by atoms with E-state index < -0.39 is 23.6 Å². The quantitative estimate of drug-likeness (QED) is 0.909. The molecular formula is C11H9BrF3NO2. The summed E-state index contributed by atoms with van der Waals surface area (Å²) in [4.78, 5) is 12.3. The smallest absolute Gasteiger partial charge is 0.416 e. The molecule has 98 valence electrons. The molecule has 1 aromatic carbocycles. The lowest BCUT2D eigenvalue weighted by Crippen LogP contribution is -2.50. The Balaban J connectivity index is 2.21. The lowest BCUT2D eigenvalue weighted by molar-refractivity contribution is -0.142. The van der Waals surface area contributed by atoms with Gasteiger partial charge in [-0.05, 0) is 34.1 Å². The minimum Gasteiger partial charge on any atom is -0.481 e. The summed E-state index contributed by atoms with van der Waals surface area (Å²) >= 11 is 3.17. The third-order valence-electron chi connectivity index (χ3n) is 2.84. The first-order chi connectivity index (χ1) is 8.29. The summed E-state index contributed by atoms with van der Waals surface area (Å²) in [7, 11) is 0. The highest BCUT2D eigenvalue weighted by molar-refractivity contribution is 9.10. The molecule has 1 saturated heterocycles. The highest BCUT2D eigenvalue weighted by Gasteiger charge is 2.36. The predicted octanol–water partition coefficient (Wildman–Crippen LogP) is 2.99. The van der Waals surface area contributed by atoms with Crippen LogP contribution in [0.5, 0.6) is 0 Å². The average Bonchev–Trinajstić information content (AvgIpc) is 2.16. The number of carboxylic acids is 1. The Kier molecular flexibility index (Phi) is 3.27. The van der Waals surface area contributed by atoms with Crippen molar-refractivity contribution in [1.29, 1.82) is 0 Å². The van der Waals surface area contributed by atoms with E-state index in [9.17, 15) is 18.0 Å². The van der Waals surface area contributed by atoms with Crippen LogP contribution >= 0.6 is 15.9 Å². The van der Waals surface area contributed by atoms with E-state index in [1.807, 2.05) is 0 Å². The van der Waals surface area contributed by atoms with Gasteiger partial charge in [0.25, 0.3) is 0 Å². The highest BCUT2D eigenvalue weighted by atomic mass is 79.9. The second kappa shape index (κ2) is 4.46. The number of carboxylic acid groups (broad SMARTS) is 1. The number of hydrogen-bond acceptors (Lipinski definition) is 2. The number of nitrogens with zero attached hydrogens (tertiary/aromatic N) is 1. The van der Waals surface area contributed by atoms with Crippen molar-refractivity contribution in [3.8, 4) is 0 Å². The molecule has 2 rings (SSSR count). The van der Waals surface area contributed by atoms with E-state index in [2.05, 4.69) is 15.9 Å². The molecule has 1 aliphatic heterocycles. The molecule has 1 heterocycles. The van der Waals surface area contributed by atoms with Crippen LogP contribution in [0.3, 0.4) is 0 Å². The molecule has 0 aliphatic carbocycles. The van der Waals surface area contributed by atoms with E-state index in [1.54, 1.807) is 4.90 Å². The van der Waals surface area contributed by atoms with Gasteiger partial charge in [-0.25, -0.2) is 0 Å². The molecule has 1 fully saturated rings. The summed E-state index contributed by atoms with van der Waals surface area (Å²) in [6, 6.07) is 3.34. The molecule has 1 N–H and O–H groups in total. The normalized spacial score (nSPS) is 16.6. The summed E-state index contributed by atoms with van der Waals surface area (Å²) in [5.41, 5.74) is -0.359. The molecule has 3 nitrogen and oxygen atoms in total. The Morgan fingerprint density at radius 2 is 2.00 bits per heavy atom. The van der Waals surface area contributed by atoms with Gasteiger partial charge in [0.2, 0.25) is 0 Å². The van der Waals surface area contributed by atoms with Crippen molar-refractivity contribution in [2.75, 3.05) is 18.0 Å². The van der Waals surface area contributed by atoms with E-state index in [1.165, 1.54) is 6.07 Å². The van der Waals surface area contributed by atoms with Crippen molar-refractivity contribution in [3.63, 3.8) is 0 Å². The minimum atomic E-state index is -4.40. The van der Waals surface area contributed by atoms with E-state index >= 15 is 0 Å². The molecule has 7 heteroatoms. The zero-order valence-electron chi connectivity index (χ0n) is 9.04. The number of anilines is 1. The summed E-state index contributed by atoms with van der Waals surface area (Å²) in [5.74, 6) is -1.43. The van der Waals surface area contributed by atoms with Gasteiger partial charge in [0.05, 0.1) is 17.2 Å². The Labute approximate surface area is 109 Å². The van der Waals surface area contributed by atoms with Gasteiger partial charge >= 0.3 is 12.1 Å². The van der Waals surface area contributed by atoms with E-state index in [0.29, 0.717) is 10.2 Å². The van der Waals surface area contributed by atoms with Gasteiger partial charge in [0.1, 0.15) is 0 Å². The van der Waals surface area contributed by atoms with Crippen molar-refractivity contribution >= 4 is 27.6 Å². The maximum atomic E-state index is 12.6. The number of hydrogen-bond donors (Lipinski definition) is 1. The number of aliphatic carboxylic acids is 1. The second-order valence-corrected chi connectivity index (χ2v) is 4.96. The van der Waals surface area contributed by atoms with Crippen LogP contribution in [0.4, 0.5) is 18.9 Å². The summed E-state index contributed by atoms with van der Waals surface area (Å²) in [6.07, 6.45) is -4.40. The fraction of sp³-hybridized carbons (Fsp3) is 0.364. The zero-order valence-corrected chi connectivity index (χ0v) is 10.6. The molecule has 18 heavy (non-hydrogen) atoms. The van der Waals surface area contributed by atoms with Crippen LogP contribution in [0, 0.1) is 5.92 Å². The molecule has 0 bridgehead atoms. The molecule has 0 saturated carbocycles. The number of rotatable bonds is 2. The van der Waals surface area contributed by atoms with Gasteiger partial charge in [-0.15, -0.1) is 0 Å². The first-order valence-corrected chi connectivity index (χ1v) is 5.93. The van der Waals surface area contributed by atoms with E-state index in [-0.39, 0.29) is 13.1 Å². The minimum absolute atomic E-state index is 0.231. The van der Waals surface area contributed by atoms with Gasteiger partial charge in [0.15, 0.2) is 0 Å². The summed E-state index contributed by atoms with van der Waals surface area (Å²) < 4.78 is 38.2. The number of carbonyl (C=O) groups is 1. The van der Waals surface area contributed by atoms with Crippen LogP contribution in [-0.2, 0) is 11.0 Å². The van der Waals surface area contributed by atoms with Crippen LogP contribution in [0.15, 0.2) is 22.7 Å². The van der Waals surface area contributed by atoms with Crippen LogP contribution in [0.25, 0.3) is 0 Å². The second-order valence-electron chi connectivity index (χ2n) is 4.10. The molecule has 1 aromatic rings. The summed E-state index contributed by atoms with van der Waals surface area (Å²) in [6.45, 7) is 0.463. The fourth-order valence-electron chi connectivity index (χ4n) is 1.76. The molecular weight excluding hydrogens is 315 g/mol. The monoisotopic (exact) mass is 323 g/mol. The first kappa shape index (κ1) is 13.2. The third kappa shape index (κ3) is 2.45. The van der Waals surface area contributed by atoms with Crippen molar-refractivity contribution < 1.29 is 23.1 Å². The third-order valence-corrected chi connectivity index (χ3v) is 3.52. The Bertz CT molecular complexity index is 484. The Morgan fingerprint density at radius 1 is 1.39 bits per heavy atom. The number of benzene rings is 1. The molecule has 0 aromatic heterocycles. The number of halogens is 4. The van der Waals surface area contributed by atoms with Gasteiger partial charge < -0.3 is 10.0 Å². The predicted molar refractivity (Wildman–Crippen MR) is 62.5 cm³/mol. The van der Waals surface area contributed by atoms with Crippen molar-refractivity contribution in [3.05, 3.63) is 28.2 Å². The van der Waals surface area contributed by atoms with Gasteiger partial charge in [-0.3, -0.25) is 4.79 Å². The number of alkyl halides is 3. The van der Waals surface area contributed by atoms with Crippen molar-refractivity contribution in [2.24, 2.45) is 5.92 Å². The van der Waals surface area contributed by atoms with Crippen molar-refractivity contribution in [1.82, 2.24) is 0 Å². The average molecular weight is 324 g/mol. The van der Waals surface area contributed by atoms with E-state index in [4.69, 9.17) is 5.11 Å². The molecule has 0 spiro atoms. The lowest BCUT2D eigenvalue weighted by Gasteiger charge is -2.39. The molecule has 1 aliphatic rings. The molecule has 0 radical (unpaired) electrons. The lowest BCUT2D eigenvalue weighted by atomic mass is 9.99. The highest BCUT2D eigenvalue weighted by Crippen LogP contribution is 2.37. The van der Waals surface area contributed by atoms with Crippen LogP contribution in [0.1, 0.15) is 5.56 Å². The van der Waals surface area contributed by atoms with Crippen LogP contribution < -0.4 is 4.90 Å². The fourth-order valence-corrected chi connectivity index (χ4v) is 2.26. The van der Waals surface area contributed by atoms with Gasteiger partial charge in [0, 0.05) is 17.6 Å². The maximum Gasteiger partial charge on any atom is 0.416 e. The largest absolute Gasteiger partial charge is 0.481 e. The van der Waals surface area contributed by atoms with Gasteiger partial charge in [-0.2, -0.15) is 13.2 Å². The molecule has 0 unspecified atom stereocenters.